The van der Waals surface area contributed by atoms with Crippen LogP contribution in [0.1, 0.15) is 41.8 Å². The molecule has 0 saturated carbocycles. The van der Waals surface area contributed by atoms with Crippen LogP contribution in [-0.2, 0) is 0 Å². The molecule has 0 aliphatic carbocycles. The first-order chi connectivity index (χ1) is 6.56. The van der Waals surface area contributed by atoms with Crippen LogP contribution in [0, 0.1) is 19.8 Å². The summed E-state index contributed by atoms with van der Waals surface area (Å²) in [5.41, 5.74) is 4.17. The lowest BCUT2D eigenvalue weighted by Crippen LogP contribution is -2.03. The quantitative estimate of drug-likeness (QED) is 0.681. The first kappa shape index (κ1) is 11.8. The minimum atomic E-state index is 0.494. The fourth-order valence-electron chi connectivity index (χ4n) is 1.65. The van der Waals surface area contributed by atoms with Crippen LogP contribution < -0.4 is 0 Å². The molecule has 0 fully saturated rings. The topological polar surface area (TPSA) is 0 Å². The Morgan fingerprint density at radius 2 is 1.93 bits per heavy atom. The molecule has 0 radical (unpaired) electrons. The van der Waals surface area contributed by atoms with Gasteiger partial charge < -0.3 is 0 Å². The summed E-state index contributed by atoms with van der Waals surface area (Å²) < 4.78 is 0. The van der Waals surface area contributed by atoms with Gasteiger partial charge in [0, 0.05) is 4.83 Å². The van der Waals surface area contributed by atoms with Crippen LogP contribution in [0.4, 0.5) is 0 Å². The summed E-state index contributed by atoms with van der Waals surface area (Å²) in [5.74, 6) is 0.691. The number of benzene rings is 1. The predicted octanol–water partition coefficient (Wildman–Crippen LogP) is 4.79. The lowest BCUT2D eigenvalue weighted by molar-refractivity contribution is 0.554. The van der Waals surface area contributed by atoms with Gasteiger partial charge in [-0.25, -0.2) is 0 Å². The molecule has 0 spiro atoms. The van der Waals surface area contributed by atoms with Crippen molar-refractivity contribution >= 4 is 15.9 Å². The molecule has 0 heterocycles. The molecule has 0 amide bonds. The van der Waals surface area contributed by atoms with Crippen molar-refractivity contribution in [1.82, 2.24) is 0 Å². The molecule has 2 unspecified atom stereocenters. The third-order valence-electron chi connectivity index (χ3n) is 2.87. The maximum Gasteiger partial charge on any atom is 0.0423 e. The summed E-state index contributed by atoms with van der Waals surface area (Å²) >= 11 is 3.79. The molecule has 14 heavy (non-hydrogen) atoms. The fourth-order valence-corrected chi connectivity index (χ4v) is 2.54. The van der Waals surface area contributed by atoms with Gasteiger partial charge in [0.25, 0.3) is 0 Å². The second-order valence-electron chi connectivity index (χ2n) is 4.15. The Morgan fingerprint density at radius 3 is 2.43 bits per heavy atom. The van der Waals surface area contributed by atoms with Gasteiger partial charge >= 0.3 is 0 Å². The maximum absolute atomic E-state index is 3.79. The summed E-state index contributed by atoms with van der Waals surface area (Å²) in [5, 5.41) is 0. The van der Waals surface area contributed by atoms with Crippen LogP contribution in [0.3, 0.4) is 0 Å². The van der Waals surface area contributed by atoms with E-state index in [9.17, 15) is 0 Å². The Kier molecular flexibility index (Phi) is 4.18. The highest BCUT2D eigenvalue weighted by molar-refractivity contribution is 9.09. The number of halogens is 1. The highest BCUT2D eigenvalue weighted by Gasteiger charge is 2.15. The summed E-state index contributed by atoms with van der Waals surface area (Å²) in [7, 11) is 0. The predicted molar refractivity (Wildman–Crippen MR) is 67.0 cm³/mol. The molecule has 1 aromatic carbocycles. The van der Waals surface area contributed by atoms with E-state index in [1.165, 1.54) is 23.1 Å². The average Bonchev–Trinajstić information content (AvgIpc) is 2.15. The molecular weight excluding hydrogens is 236 g/mol. The number of hydrogen-bond acceptors (Lipinski definition) is 0. The van der Waals surface area contributed by atoms with Crippen LogP contribution in [0.15, 0.2) is 18.2 Å². The number of hydrogen-bond donors (Lipinski definition) is 0. The van der Waals surface area contributed by atoms with Gasteiger partial charge in [0.15, 0.2) is 0 Å². The summed E-state index contributed by atoms with van der Waals surface area (Å²) in [6, 6.07) is 6.70. The van der Waals surface area contributed by atoms with Crippen molar-refractivity contribution in [3.05, 3.63) is 34.9 Å². The largest absolute Gasteiger partial charge is 0.0836 e. The summed E-state index contributed by atoms with van der Waals surface area (Å²) in [4.78, 5) is 0.494. The molecule has 78 valence electrons. The molecule has 0 N–H and O–H groups in total. The monoisotopic (exact) mass is 254 g/mol. The first-order valence-electron chi connectivity index (χ1n) is 5.27. The van der Waals surface area contributed by atoms with E-state index in [2.05, 4.69) is 61.8 Å². The molecule has 1 heteroatoms. The third-order valence-corrected chi connectivity index (χ3v) is 4.26. The zero-order chi connectivity index (χ0) is 10.7. The Bertz CT molecular complexity index is 304. The zero-order valence-corrected chi connectivity index (χ0v) is 11.1. The van der Waals surface area contributed by atoms with Crippen molar-refractivity contribution in [2.24, 2.45) is 5.92 Å². The Morgan fingerprint density at radius 1 is 1.29 bits per heavy atom. The van der Waals surface area contributed by atoms with Gasteiger partial charge in [-0.05, 0) is 30.9 Å². The fraction of sp³-hybridized carbons (Fsp3) is 0.538. The second-order valence-corrected chi connectivity index (χ2v) is 5.13. The van der Waals surface area contributed by atoms with Gasteiger partial charge in [0.2, 0.25) is 0 Å². The Balaban J connectivity index is 2.95. The molecule has 0 aliphatic rings. The van der Waals surface area contributed by atoms with E-state index in [1.54, 1.807) is 0 Å². The third kappa shape index (κ3) is 2.60. The molecule has 1 rings (SSSR count). The minimum absolute atomic E-state index is 0.494. The van der Waals surface area contributed by atoms with Gasteiger partial charge in [0.1, 0.15) is 0 Å². The van der Waals surface area contributed by atoms with Gasteiger partial charge in [-0.15, -0.1) is 0 Å². The highest BCUT2D eigenvalue weighted by atomic mass is 79.9. The number of rotatable bonds is 3. The molecular formula is C13H19Br. The Hall–Kier alpha value is -0.300. The average molecular weight is 255 g/mol. The first-order valence-corrected chi connectivity index (χ1v) is 6.19. The van der Waals surface area contributed by atoms with Crippen molar-refractivity contribution < 1.29 is 0 Å². The van der Waals surface area contributed by atoms with Crippen molar-refractivity contribution in [3.63, 3.8) is 0 Å². The Labute approximate surface area is 95.9 Å². The summed E-state index contributed by atoms with van der Waals surface area (Å²) in [6.45, 7) is 8.86. The molecule has 0 nitrogen and oxygen atoms in total. The van der Waals surface area contributed by atoms with Crippen molar-refractivity contribution in [3.8, 4) is 0 Å². The van der Waals surface area contributed by atoms with E-state index in [0.29, 0.717) is 10.7 Å². The lowest BCUT2D eigenvalue weighted by atomic mass is 9.94. The van der Waals surface area contributed by atoms with Gasteiger partial charge in [-0.3, -0.25) is 0 Å². The molecule has 0 aromatic heterocycles. The van der Waals surface area contributed by atoms with Gasteiger partial charge in [-0.2, -0.15) is 0 Å². The van der Waals surface area contributed by atoms with Crippen molar-refractivity contribution in [1.29, 1.82) is 0 Å². The maximum atomic E-state index is 3.79. The van der Waals surface area contributed by atoms with E-state index in [4.69, 9.17) is 0 Å². The standard InChI is InChI=1S/C13H19Br/c1-5-10(3)13(14)12-7-6-9(2)8-11(12)4/h6-8,10,13H,5H2,1-4H3. The van der Waals surface area contributed by atoms with Gasteiger partial charge in [-0.1, -0.05) is 60.0 Å². The number of aryl methyl sites for hydroxylation is 2. The van der Waals surface area contributed by atoms with E-state index in [0.717, 1.165) is 0 Å². The van der Waals surface area contributed by atoms with Gasteiger partial charge in [0.05, 0.1) is 0 Å². The van der Waals surface area contributed by atoms with Crippen LogP contribution >= 0.6 is 15.9 Å². The van der Waals surface area contributed by atoms with Crippen molar-refractivity contribution in [2.45, 2.75) is 38.9 Å². The van der Waals surface area contributed by atoms with Crippen molar-refractivity contribution in [2.75, 3.05) is 0 Å². The molecule has 0 bridgehead atoms. The summed E-state index contributed by atoms with van der Waals surface area (Å²) in [6.07, 6.45) is 1.21. The van der Waals surface area contributed by atoms with Crippen LogP contribution in [-0.4, -0.2) is 0 Å². The van der Waals surface area contributed by atoms with Crippen LogP contribution in [0.25, 0.3) is 0 Å². The van der Waals surface area contributed by atoms with Crippen LogP contribution in [0.2, 0.25) is 0 Å². The molecule has 0 saturated heterocycles. The lowest BCUT2D eigenvalue weighted by Gasteiger charge is -2.19. The van der Waals surface area contributed by atoms with E-state index in [1.807, 2.05) is 0 Å². The SMILES string of the molecule is CCC(C)C(Br)c1ccc(C)cc1C. The van der Waals surface area contributed by atoms with E-state index >= 15 is 0 Å². The smallest absolute Gasteiger partial charge is 0.0423 e. The second kappa shape index (κ2) is 4.97. The van der Waals surface area contributed by atoms with Crippen LogP contribution in [0.5, 0.6) is 0 Å². The zero-order valence-electron chi connectivity index (χ0n) is 9.47. The van der Waals surface area contributed by atoms with E-state index < -0.39 is 0 Å². The number of alkyl halides is 1. The normalized spacial score (nSPS) is 15.2. The highest BCUT2D eigenvalue weighted by Crippen LogP contribution is 2.34. The minimum Gasteiger partial charge on any atom is -0.0836 e. The van der Waals surface area contributed by atoms with E-state index in [-0.39, 0.29) is 0 Å². The molecule has 1 aromatic rings. The molecule has 0 aliphatic heterocycles. The molecule has 2 atom stereocenters.